The van der Waals surface area contributed by atoms with Gasteiger partial charge in [0.15, 0.2) is 5.76 Å². The second kappa shape index (κ2) is 4.78. The summed E-state index contributed by atoms with van der Waals surface area (Å²) >= 11 is 5.89. The van der Waals surface area contributed by atoms with Gasteiger partial charge in [-0.2, -0.15) is 4.98 Å². The second-order valence-corrected chi connectivity index (χ2v) is 4.46. The van der Waals surface area contributed by atoms with Crippen LogP contribution in [0.1, 0.15) is 0 Å². The van der Waals surface area contributed by atoms with Crippen LogP contribution in [0.5, 0.6) is 0 Å². The van der Waals surface area contributed by atoms with Gasteiger partial charge in [-0.25, -0.2) is 0 Å². The molecule has 0 aliphatic heterocycles. The van der Waals surface area contributed by atoms with Crippen molar-refractivity contribution in [3.05, 3.63) is 59.9 Å². The number of hydrogen-bond acceptors (Lipinski definition) is 3. The van der Waals surface area contributed by atoms with Crippen LogP contribution < -0.4 is 5.73 Å². The van der Waals surface area contributed by atoms with Crippen molar-refractivity contribution in [2.75, 3.05) is 5.73 Å². The maximum absolute atomic E-state index is 5.89. The third kappa shape index (κ3) is 2.33. The van der Waals surface area contributed by atoms with Crippen LogP contribution in [0.2, 0.25) is 5.35 Å². The normalized spacial score (nSPS) is 10.6. The quantitative estimate of drug-likeness (QED) is 0.709. The number of oxazole rings is 1. The van der Waals surface area contributed by atoms with Gasteiger partial charge in [0.25, 0.3) is 5.35 Å². The van der Waals surface area contributed by atoms with Crippen molar-refractivity contribution >= 4 is 17.3 Å². The first-order chi connectivity index (χ1) is 9.24. The average Bonchev–Trinajstić information content (AvgIpc) is 2.83. The highest BCUT2D eigenvalue weighted by atomic mass is 35.5. The molecule has 0 aliphatic carbocycles. The van der Waals surface area contributed by atoms with Gasteiger partial charge in [-0.1, -0.05) is 30.3 Å². The van der Waals surface area contributed by atoms with Gasteiger partial charge in [-0.15, -0.1) is 0 Å². The summed E-state index contributed by atoms with van der Waals surface area (Å²) in [5, 5.41) is 0.130. The van der Waals surface area contributed by atoms with Crippen LogP contribution in [0.3, 0.4) is 0 Å². The fourth-order valence-corrected chi connectivity index (χ4v) is 2.08. The smallest absolute Gasteiger partial charge is 0.293 e. The molecular weight excluding hydrogens is 260 g/mol. The van der Waals surface area contributed by atoms with Crippen LogP contribution in [0.15, 0.2) is 59.0 Å². The molecule has 1 heterocycles. The molecule has 0 unspecified atom stereocenters. The third-order valence-corrected chi connectivity index (χ3v) is 2.98. The molecule has 2 aromatic carbocycles. The largest absolute Gasteiger partial charge is 0.427 e. The fraction of sp³-hybridized carbons (Fsp3) is 0. The summed E-state index contributed by atoms with van der Waals surface area (Å²) in [5.41, 5.74) is 8.98. The van der Waals surface area contributed by atoms with Gasteiger partial charge in [0.1, 0.15) is 5.69 Å². The minimum absolute atomic E-state index is 0.130. The predicted molar refractivity (Wildman–Crippen MR) is 76.8 cm³/mol. The summed E-state index contributed by atoms with van der Waals surface area (Å²) in [6.45, 7) is 0. The maximum atomic E-state index is 5.89. The van der Waals surface area contributed by atoms with Gasteiger partial charge in [-0.3, -0.25) is 0 Å². The van der Waals surface area contributed by atoms with Crippen molar-refractivity contribution in [3.8, 4) is 22.6 Å². The first-order valence-electron chi connectivity index (χ1n) is 5.82. The summed E-state index contributed by atoms with van der Waals surface area (Å²) < 4.78 is 5.51. The van der Waals surface area contributed by atoms with Crippen molar-refractivity contribution in [3.63, 3.8) is 0 Å². The van der Waals surface area contributed by atoms with E-state index in [1.54, 1.807) is 0 Å². The minimum Gasteiger partial charge on any atom is -0.427 e. The standard InChI is InChI=1S/C15H11ClN2O/c16-15-18-13(10-4-2-1-3-5-10)14(19-15)11-6-8-12(17)9-7-11/h1-9H,17H2. The number of aromatic nitrogens is 1. The zero-order valence-electron chi connectivity index (χ0n) is 10.0. The van der Waals surface area contributed by atoms with Crippen LogP contribution in [-0.4, -0.2) is 4.98 Å². The van der Waals surface area contributed by atoms with Gasteiger partial charge >= 0.3 is 0 Å². The van der Waals surface area contributed by atoms with E-state index in [1.165, 1.54) is 0 Å². The van der Waals surface area contributed by atoms with Gasteiger partial charge in [-0.05, 0) is 35.9 Å². The molecular formula is C15H11ClN2O. The number of rotatable bonds is 2. The highest BCUT2D eigenvalue weighted by Gasteiger charge is 2.15. The number of anilines is 1. The first-order valence-corrected chi connectivity index (χ1v) is 6.19. The molecule has 0 atom stereocenters. The van der Waals surface area contributed by atoms with Gasteiger partial charge in [0.2, 0.25) is 0 Å². The number of benzene rings is 2. The molecule has 1 aromatic heterocycles. The molecule has 19 heavy (non-hydrogen) atoms. The number of nitrogen functional groups attached to an aromatic ring is 1. The van der Waals surface area contributed by atoms with Crippen molar-refractivity contribution in [1.82, 2.24) is 4.98 Å². The van der Waals surface area contributed by atoms with Crippen LogP contribution in [0, 0.1) is 0 Å². The SMILES string of the molecule is Nc1ccc(-c2oc(Cl)nc2-c2ccccc2)cc1. The molecule has 2 N–H and O–H groups in total. The van der Waals surface area contributed by atoms with Gasteiger partial charge < -0.3 is 10.2 Å². The molecule has 3 rings (SSSR count). The maximum Gasteiger partial charge on any atom is 0.293 e. The Morgan fingerprint density at radius 2 is 1.58 bits per heavy atom. The van der Waals surface area contributed by atoms with Crippen LogP contribution in [-0.2, 0) is 0 Å². The van der Waals surface area contributed by atoms with Crippen molar-refractivity contribution in [2.45, 2.75) is 0 Å². The Labute approximate surface area is 115 Å². The Morgan fingerprint density at radius 3 is 2.26 bits per heavy atom. The molecule has 0 aliphatic rings. The molecule has 0 radical (unpaired) electrons. The van der Waals surface area contributed by atoms with E-state index in [1.807, 2.05) is 54.6 Å². The zero-order chi connectivity index (χ0) is 13.2. The Hall–Kier alpha value is -2.26. The number of halogens is 1. The van der Waals surface area contributed by atoms with Crippen LogP contribution in [0.4, 0.5) is 5.69 Å². The van der Waals surface area contributed by atoms with E-state index in [4.69, 9.17) is 21.8 Å². The summed E-state index contributed by atoms with van der Waals surface area (Å²) in [6.07, 6.45) is 0. The van der Waals surface area contributed by atoms with E-state index in [0.29, 0.717) is 11.4 Å². The predicted octanol–water partition coefficient (Wildman–Crippen LogP) is 4.24. The van der Waals surface area contributed by atoms with E-state index >= 15 is 0 Å². The van der Waals surface area contributed by atoms with Gasteiger partial charge in [0, 0.05) is 16.8 Å². The Kier molecular flexibility index (Phi) is 2.97. The lowest BCUT2D eigenvalue weighted by atomic mass is 10.1. The summed E-state index contributed by atoms with van der Waals surface area (Å²) in [4.78, 5) is 4.25. The second-order valence-electron chi connectivity index (χ2n) is 4.13. The summed E-state index contributed by atoms with van der Waals surface area (Å²) in [5.74, 6) is 0.649. The summed E-state index contributed by atoms with van der Waals surface area (Å²) in [7, 11) is 0. The molecule has 0 saturated heterocycles. The van der Waals surface area contributed by atoms with E-state index in [0.717, 1.165) is 16.8 Å². The minimum atomic E-state index is 0.130. The highest BCUT2D eigenvalue weighted by Crippen LogP contribution is 2.34. The molecule has 0 spiro atoms. The van der Waals surface area contributed by atoms with Crippen LogP contribution >= 0.6 is 11.6 Å². The molecule has 94 valence electrons. The molecule has 0 saturated carbocycles. The van der Waals surface area contributed by atoms with Crippen molar-refractivity contribution < 1.29 is 4.42 Å². The van der Waals surface area contributed by atoms with E-state index in [-0.39, 0.29) is 5.35 Å². The lowest BCUT2D eigenvalue weighted by Crippen LogP contribution is -1.85. The van der Waals surface area contributed by atoms with E-state index in [2.05, 4.69) is 4.98 Å². The topological polar surface area (TPSA) is 52.0 Å². The van der Waals surface area contributed by atoms with Crippen molar-refractivity contribution in [1.29, 1.82) is 0 Å². The molecule has 0 bridgehead atoms. The van der Waals surface area contributed by atoms with E-state index in [9.17, 15) is 0 Å². The van der Waals surface area contributed by atoms with E-state index < -0.39 is 0 Å². The molecule has 3 nitrogen and oxygen atoms in total. The Bertz CT molecular complexity index is 690. The van der Waals surface area contributed by atoms with Crippen LogP contribution in [0.25, 0.3) is 22.6 Å². The molecule has 0 fully saturated rings. The number of nitrogens with two attached hydrogens (primary N) is 1. The average molecular weight is 271 g/mol. The highest BCUT2D eigenvalue weighted by molar-refractivity contribution is 6.28. The Morgan fingerprint density at radius 1 is 0.895 bits per heavy atom. The number of hydrogen-bond donors (Lipinski definition) is 1. The Balaban J connectivity index is 2.15. The monoisotopic (exact) mass is 270 g/mol. The third-order valence-electron chi connectivity index (χ3n) is 2.82. The van der Waals surface area contributed by atoms with Crippen molar-refractivity contribution in [2.24, 2.45) is 0 Å². The fourth-order valence-electron chi connectivity index (χ4n) is 1.92. The lowest BCUT2D eigenvalue weighted by molar-refractivity contribution is 0.574. The molecule has 0 amide bonds. The number of nitrogens with zero attached hydrogens (tertiary/aromatic N) is 1. The lowest BCUT2D eigenvalue weighted by Gasteiger charge is -2.01. The molecule has 3 aromatic rings. The molecule has 4 heteroatoms. The first kappa shape index (κ1) is 11.8. The zero-order valence-corrected chi connectivity index (χ0v) is 10.8. The van der Waals surface area contributed by atoms with Gasteiger partial charge in [0.05, 0.1) is 0 Å². The summed E-state index contributed by atoms with van der Waals surface area (Å²) in [6, 6.07) is 17.2.